The van der Waals surface area contributed by atoms with E-state index in [1.807, 2.05) is 25.3 Å². The van der Waals surface area contributed by atoms with Crippen LogP contribution in [-0.2, 0) is 0 Å². The van der Waals surface area contributed by atoms with Crippen molar-refractivity contribution >= 4 is 43.4 Å². The number of hydrogen-bond acceptors (Lipinski definition) is 2. The number of nitrogens with zero attached hydrogens (tertiary/aromatic N) is 1. The van der Waals surface area contributed by atoms with Gasteiger partial charge in [0.25, 0.3) is 0 Å². The summed E-state index contributed by atoms with van der Waals surface area (Å²) in [7, 11) is 0. The smallest absolute Gasteiger partial charge is 0.130 e. The molecule has 0 unspecified atom stereocenters. The minimum absolute atomic E-state index is 0.850. The van der Waals surface area contributed by atoms with Crippen LogP contribution in [0.2, 0.25) is 0 Å². The summed E-state index contributed by atoms with van der Waals surface area (Å²) in [6.45, 7) is 4.11. The lowest BCUT2D eigenvalue weighted by Crippen LogP contribution is -1.94. The van der Waals surface area contributed by atoms with E-state index in [1.54, 1.807) is 0 Å². The Balaban J connectivity index is 2.28. The molecule has 0 saturated carbocycles. The fourth-order valence-electron chi connectivity index (χ4n) is 1.56. The van der Waals surface area contributed by atoms with Gasteiger partial charge in [-0.15, -0.1) is 0 Å². The summed E-state index contributed by atoms with van der Waals surface area (Å²) in [5.74, 6) is 0.850. The molecule has 0 aliphatic carbocycles. The van der Waals surface area contributed by atoms with Crippen LogP contribution in [0, 0.1) is 13.8 Å². The second-order valence-electron chi connectivity index (χ2n) is 3.96. The second kappa shape index (κ2) is 5.19. The Labute approximate surface area is 118 Å². The van der Waals surface area contributed by atoms with Crippen LogP contribution in [0.25, 0.3) is 0 Å². The molecule has 17 heavy (non-hydrogen) atoms. The van der Waals surface area contributed by atoms with E-state index in [0.717, 1.165) is 26.0 Å². The Kier molecular flexibility index (Phi) is 3.84. The highest BCUT2D eigenvalue weighted by Crippen LogP contribution is 2.23. The number of anilines is 2. The minimum atomic E-state index is 0.850. The number of rotatable bonds is 2. The first-order chi connectivity index (χ1) is 8.04. The van der Waals surface area contributed by atoms with Crippen molar-refractivity contribution in [1.29, 1.82) is 0 Å². The molecule has 0 spiro atoms. The van der Waals surface area contributed by atoms with E-state index in [1.165, 1.54) is 5.56 Å². The highest BCUT2D eigenvalue weighted by Gasteiger charge is 2.01. The molecule has 0 amide bonds. The fraction of sp³-hybridized carbons (Fsp3) is 0.154. The summed E-state index contributed by atoms with van der Waals surface area (Å²) in [5, 5.41) is 3.29. The predicted octanol–water partition coefficient (Wildman–Crippen LogP) is 4.97. The third-order valence-corrected chi connectivity index (χ3v) is 3.65. The molecule has 2 rings (SSSR count). The standard InChI is InChI=1S/C13H12Br2N2/c1-8-3-10(14)6-11(4-8)17-13-5-9(2)12(15)7-16-13/h3-7H,1-2H3,(H,16,17). The van der Waals surface area contributed by atoms with E-state index in [0.29, 0.717) is 0 Å². The van der Waals surface area contributed by atoms with Crippen molar-refractivity contribution < 1.29 is 0 Å². The summed E-state index contributed by atoms with van der Waals surface area (Å²) in [6, 6.07) is 8.21. The number of aryl methyl sites for hydroxylation is 2. The maximum absolute atomic E-state index is 4.32. The largest absolute Gasteiger partial charge is 0.340 e. The molecule has 1 aromatic carbocycles. The van der Waals surface area contributed by atoms with Gasteiger partial charge in [0.15, 0.2) is 0 Å². The molecule has 2 aromatic rings. The van der Waals surface area contributed by atoms with Crippen molar-refractivity contribution in [3.05, 3.63) is 50.5 Å². The van der Waals surface area contributed by atoms with Crippen LogP contribution in [0.15, 0.2) is 39.4 Å². The number of halogens is 2. The first kappa shape index (κ1) is 12.6. The van der Waals surface area contributed by atoms with Gasteiger partial charge >= 0.3 is 0 Å². The van der Waals surface area contributed by atoms with Crippen LogP contribution in [0.5, 0.6) is 0 Å². The Morgan fingerprint density at radius 2 is 1.82 bits per heavy atom. The van der Waals surface area contributed by atoms with E-state index < -0.39 is 0 Å². The molecule has 0 bridgehead atoms. The molecule has 1 heterocycles. The van der Waals surface area contributed by atoms with E-state index >= 15 is 0 Å². The molecule has 0 radical (unpaired) electrons. The molecule has 1 N–H and O–H groups in total. The highest BCUT2D eigenvalue weighted by atomic mass is 79.9. The quantitative estimate of drug-likeness (QED) is 0.822. The third-order valence-electron chi connectivity index (χ3n) is 2.36. The van der Waals surface area contributed by atoms with Crippen molar-refractivity contribution in [3.8, 4) is 0 Å². The molecule has 0 aliphatic heterocycles. The number of pyridine rings is 1. The average Bonchev–Trinajstić information content (AvgIpc) is 2.22. The molecule has 2 nitrogen and oxygen atoms in total. The number of hydrogen-bond donors (Lipinski definition) is 1. The molecular formula is C13H12Br2N2. The third kappa shape index (κ3) is 3.30. The van der Waals surface area contributed by atoms with E-state index in [-0.39, 0.29) is 0 Å². The molecule has 88 valence electrons. The maximum atomic E-state index is 4.32. The average molecular weight is 356 g/mol. The predicted molar refractivity (Wildman–Crippen MR) is 78.8 cm³/mol. The summed E-state index contributed by atoms with van der Waals surface area (Å²) in [4.78, 5) is 4.32. The number of aromatic nitrogens is 1. The van der Waals surface area contributed by atoms with Crippen LogP contribution >= 0.6 is 31.9 Å². The van der Waals surface area contributed by atoms with Gasteiger partial charge in [-0.2, -0.15) is 0 Å². The normalized spacial score (nSPS) is 10.4. The Morgan fingerprint density at radius 3 is 2.47 bits per heavy atom. The lowest BCUT2D eigenvalue weighted by Gasteiger charge is -2.08. The van der Waals surface area contributed by atoms with Crippen LogP contribution in [0.3, 0.4) is 0 Å². The zero-order chi connectivity index (χ0) is 12.4. The second-order valence-corrected chi connectivity index (χ2v) is 5.73. The molecule has 0 atom stereocenters. The van der Waals surface area contributed by atoms with Gasteiger partial charge in [0.05, 0.1) is 0 Å². The zero-order valence-corrected chi connectivity index (χ0v) is 12.8. The van der Waals surface area contributed by atoms with Gasteiger partial charge in [0, 0.05) is 20.8 Å². The minimum Gasteiger partial charge on any atom is -0.340 e. The Bertz CT molecular complexity index is 533. The molecular weight excluding hydrogens is 344 g/mol. The van der Waals surface area contributed by atoms with E-state index in [2.05, 4.69) is 61.2 Å². The van der Waals surface area contributed by atoms with Crippen LogP contribution in [-0.4, -0.2) is 4.98 Å². The molecule has 0 aliphatic rings. The van der Waals surface area contributed by atoms with Gasteiger partial charge in [-0.1, -0.05) is 15.9 Å². The Morgan fingerprint density at radius 1 is 1.06 bits per heavy atom. The lowest BCUT2D eigenvalue weighted by atomic mass is 10.2. The summed E-state index contributed by atoms with van der Waals surface area (Å²) in [5.41, 5.74) is 3.40. The highest BCUT2D eigenvalue weighted by molar-refractivity contribution is 9.10. The topological polar surface area (TPSA) is 24.9 Å². The maximum Gasteiger partial charge on any atom is 0.130 e. The van der Waals surface area contributed by atoms with Gasteiger partial charge in [-0.05, 0) is 65.2 Å². The molecule has 0 saturated heterocycles. The van der Waals surface area contributed by atoms with Crippen molar-refractivity contribution in [2.75, 3.05) is 5.32 Å². The van der Waals surface area contributed by atoms with Gasteiger partial charge in [0.1, 0.15) is 5.82 Å². The summed E-state index contributed by atoms with van der Waals surface area (Å²) < 4.78 is 2.09. The van der Waals surface area contributed by atoms with Crippen LogP contribution < -0.4 is 5.32 Å². The summed E-state index contributed by atoms with van der Waals surface area (Å²) in [6.07, 6.45) is 1.81. The van der Waals surface area contributed by atoms with E-state index in [4.69, 9.17) is 0 Å². The number of nitrogens with one attached hydrogen (secondary N) is 1. The zero-order valence-electron chi connectivity index (χ0n) is 9.59. The van der Waals surface area contributed by atoms with Gasteiger partial charge < -0.3 is 5.32 Å². The number of benzene rings is 1. The Hall–Kier alpha value is -0.870. The van der Waals surface area contributed by atoms with Crippen molar-refractivity contribution in [2.24, 2.45) is 0 Å². The van der Waals surface area contributed by atoms with Gasteiger partial charge in [-0.25, -0.2) is 4.98 Å². The molecule has 0 fully saturated rings. The summed E-state index contributed by atoms with van der Waals surface area (Å²) >= 11 is 6.92. The first-order valence-corrected chi connectivity index (χ1v) is 6.79. The first-order valence-electron chi connectivity index (χ1n) is 5.21. The van der Waals surface area contributed by atoms with Gasteiger partial charge in [0.2, 0.25) is 0 Å². The molecule has 1 aromatic heterocycles. The van der Waals surface area contributed by atoms with Crippen molar-refractivity contribution in [2.45, 2.75) is 13.8 Å². The van der Waals surface area contributed by atoms with Crippen molar-refractivity contribution in [3.63, 3.8) is 0 Å². The molecule has 4 heteroatoms. The van der Waals surface area contributed by atoms with Crippen LogP contribution in [0.1, 0.15) is 11.1 Å². The SMILES string of the molecule is Cc1cc(Br)cc(Nc2cc(C)c(Br)cn2)c1. The van der Waals surface area contributed by atoms with Crippen molar-refractivity contribution in [1.82, 2.24) is 4.98 Å². The lowest BCUT2D eigenvalue weighted by molar-refractivity contribution is 1.25. The van der Waals surface area contributed by atoms with Crippen LogP contribution in [0.4, 0.5) is 11.5 Å². The van der Waals surface area contributed by atoms with E-state index in [9.17, 15) is 0 Å². The fourth-order valence-corrected chi connectivity index (χ4v) is 2.39. The monoisotopic (exact) mass is 354 g/mol. The van der Waals surface area contributed by atoms with Gasteiger partial charge in [-0.3, -0.25) is 0 Å².